The third-order valence-corrected chi connectivity index (χ3v) is 4.30. The van der Waals surface area contributed by atoms with Crippen molar-refractivity contribution in [1.82, 2.24) is 9.78 Å². The Morgan fingerprint density at radius 1 is 1.33 bits per heavy atom. The number of nitrogens with zero attached hydrogens (tertiary/aromatic N) is 3. The summed E-state index contributed by atoms with van der Waals surface area (Å²) in [5.41, 5.74) is 4.88. The number of hydrogen-bond acceptors (Lipinski definition) is 3. The van der Waals surface area contributed by atoms with Crippen LogP contribution in [0, 0.1) is 6.92 Å². The van der Waals surface area contributed by atoms with E-state index in [4.69, 9.17) is 0 Å². The molecule has 0 bridgehead atoms. The average molecular weight is 285 g/mol. The van der Waals surface area contributed by atoms with Crippen LogP contribution in [0.25, 0.3) is 0 Å². The summed E-state index contributed by atoms with van der Waals surface area (Å²) < 4.78 is 2.01. The van der Waals surface area contributed by atoms with Crippen molar-refractivity contribution in [1.29, 1.82) is 0 Å². The van der Waals surface area contributed by atoms with Crippen LogP contribution in [-0.2, 0) is 13.0 Å². The van der Waals surface area contributed by atoms with Gasteiger partial charge in [0.05, 0.1) is 18.3 Å². The monoisotopic (exact) mass is 285 g/mol. The number of aromatic nitrogens is 2. The number of rotatable bonds is 4. The number of aliphatic hydroxyl groups excluding tert-OH is 1. The highest BCUT2D eigenvalue weighted by atomic mass is 16.3. The topological polar surface area (TPSA) is 41.3 Å². The van der Waals surface area contributed by atoms with E-state index in [1.54, 1.807) is 0 Å². The van der Waals surface area contributed by atoms with Crippen molar-refractivity contribution in [3.05, 3.63) is 47.3 Å². The zero-order valence-electron chi connectivity index (χ0n) is 13.0. The maximum atomic E-state index is 9.69. The second kappa shape index (κ2) is 5.53. The largest absolute Gasteiger partial charge is 0.394 e. The van der Waals surface area contributed by atoms with Crippen LogP contribution >= 0.6 is 0 Å². The van der Waals surface area contributed by atoms with Crippen molar-refractivity contribution in [2.24, 2.45) is 0 Å². The fraction of sp³-hybridized carbons (Fsp3) is 0.471. The Morgan fingerprint density at radius 2 is 2.10 bits per heavy atom. The van der Waals surface area contributed by atoms with Gasteiger partial charge in [-0.05, 0) is 38.8 Å². The Bertz CT molecular complexity index is 633. The van der Waals surface area contributed by atoms with E-state index in [1.807, 2.05) is 4.68 Å². The number of anilines is 1. The fourth-order valence-electron chi connectivity index (χ4n) is 3.02. The van der Waals surface area contributed by atoms with Crippen molar-refractivity contribution in [2.75, 3.05) is 11.5 Å². The maximum Gasteiger partial charge on any atom is 0.0643 e. The molecule has 1 N–H and O–H groups in total. The molecule has 1 aromatic carbocycles. The summed E-state index contributed by atoms with van der Waals surface area (Å²) in [6.45, 7) is 7.33. The lowest BCUT2D eigenvalue weighted by Gasteiger charge is -2.26. The molecule has 0 aliphatic carbocycles. The molecule has 4 nitrogen and oxygen atoms in total. The molecule has 0 amide bonds. The Kier molecular flexibility index (Phi) is 3.72. The van der Waals surface area contributed by atoms with Crippen LogP contribution in [0.3, 0.4) is 0 Å². The predicted molar refractivity (Wildman–Crippen MR) is 84.6 cm³/mol. The number of aryl methyl sites for hydroxylation is 1. The first-order valence-corrected chi connectivity index (χ1v) is 7.60. The number of fused-ring (bicyclic) bond motifs is 1. The van der Waals surface area contributed by atoms with E-state index in [9.17, 15) is 5.11 Å². The standard InChI is InChI=1S/C17H23N3O/c1-12(2)20-10-15(13(3)18-20)9-19-16(11-21)8-14-6-4-5-7-17(14)19/h4-7,10,12,16,21H,8-9,11H2,1-3H3. The van der Waals surface area contributed by atoms with Gasteiger partial charge in [-0.3, -0.25) is 4.68 Å². The van der Waals surface area contributed by atoms with Crippen molar-refractivity contribution in [2.45, 2.75) is 45.8 Å². The summed E-state index contributed by atoms with van der Waals surface area (Å²) in [5, 5.41) is 14.3. The Hall–Kier alpha value is -1.81. The molecule has 3 rings (SSSR count). The van der Waals surface area contributed by atoms with Crippen LogP contribution in [0.4, 0.5) is 5.69 Å². The van der Waals surface area contributed by atoms with Gasteiger partial charge in [0.15, 0.2) is 0 Å². The Labute approximate surface area is 126 Å². The van der Waals surface area contributed by atoms with Gasteiger partial charge in [0.1, 0.15) is 0 Å². The van der Waals surface area contributed by atoms with Crippen LogP contribution in [0.2, 0.25) is 0 Å². The summed E-state index contributed by atoms with van der Waals surface area (Å²) in [6, 6.07) is 8.98. The van der Waals surface area contributed by atoms with Gasteiger partial charge in [-0.15, -0.1) is 0 Å². The first kappa shape index (κ1) is 14.1. The zero-order chi connectivity index (χ0) is 15.0. The smallest absolute Gasteiger partial charge is 0.0643 e. The van der Waals surface area contributed by atoms with E-state index in [-0.39, 0.29) is 12.6 Å². The first-order chi connectivity index (χ1) is 10.1. The molecule has 1 aliphatic rings. The highest BCUT2D eigenvalue weighted by Gasteiger charge is 2.29. The molecule has 0 saturated heterocycles. The fourth-order valence-corrected chi connectivity index (χ4v) is 3.02. The van der Waals surface area contributed by atoms with Crippen molar-refractivity contribution in [3.63, 3.8) is 0 Å². The van der Waals surface area contributed by atoms with Crippen LogP contribution in [0.5, 0.6) is 0 Å². The summed E-state index contributed by atoms with van der Waals surface area (Å²) in [6.07, 6.45) is 3.05. The van der Waals surface area contributed by atoms with Crippen molar-refractivity contribution >= 4 is 5.69 Å². The lowest BCUT2D eigenvalue weighted by atomic mass is 10.1. The highest BCUT2D eigenvalue weighted by Crippen LogP contribution is 2.33. The van der Waals surface area contributed by atoms with Gasteiger partial charge in [0.25, 0.3) is 0 Å². The van der Waals surface area contributed by atoms with E-state index in [2.05, 4.69) is 61.2 Å². The Balaban J connectivity index is 1.89. The van der Waals surface area contributed by atoms with E-state index in [0.717, 1.165) is 18.7 Å². The van der Waals surface area contributed by atoms with Gasteiger partial charge >= 0.3 is 0 Å². The van der Waals surface area contributed by atoms with Gasteiger partial charge < -0.3 is 10.0 Å². The molecule has 1 unspecified atom stereocenters. The van der Waals surface area contributed by atoms with E-state index in [0.29, 0.717) is 6.04 Å². The normalized spacial score (nSPS) is 17.6. The molecule has 1 aromatic heterocycles. The van der Waals surface area contributed by atoms with E-state index in [1.165, 1.54) is 16.8 Å². The molecule has 21 heavy (non-hydrogen) atoms. The van der Waals surface area contributed by atoms with E-state index >= 15 is 0 Å². The minimum Gasteiger partial charge on any atom is -0.394 e. The van der Waals surface area contributed by atoms with Crippen molar-refractivity contribution in [3.8, 4) is 0 Å². The van der Waals surface area contributed by atoms with Crippen LogP contribution in [-0.4, -0.2) is 27.5 Å². The third-order valence-electron chi connectivity index (χ3n) is 4.30. The van der Waals surface area contributed by atoms with Gasteiger partial charge in [-0.1, -0.05) is 18.2 Å². The highest BCUT2D eigenvalue weighted by molar-refractivity contribution is 5.59. The zero-order valence-corrected chi connectivity index (χ0v) is 13.0. The molecular weight excluding hydrogens is 262 g/mol. The maximum absolute atomic E-state index is 9.69. The van der Waals surface area contributed by atoms with Gasteiger partial charge in [-0.2, -0.15) is 5.10 Å². The van der Waals surface area contributed by atoms with Gasteiger partial charge in [0, 0.05) is 30.0 Å². The van der Waals surface area contributed by atoms with E-state index < -0.39 is 0 Å². The molecule has 0 saturated carbocycles. The number of aliphatic hydroxyl groups is 1. The summed E-state index contributed by atoms with van der Waals surface area (Å²) in [7, 11) is 0. The van der Waals surface area contributed by atoms with Crippen LogP contribution in [0.1, 0.15) is 36.7 Å². The minimum atomic E-state index is 0.171. The molecule has 0 spiro atoms. The average Bonchev–Trinajstić information content (AvgIpc) is 3.01. The molecule has 4 heteroatoms. The molecule has 0 fully saturated rings. The number of hydrogen-bond donors (Lipinski definition) is 1. The number of para-hydroxylation sites is 1. The summed E-state index contributed by atoms with van der Waals surface area (Å²) >= 11 is 0. The lowest BCUT2D eigenvalue weighted by molar-refractivity contribution is 0.262. The molecular formula is C17H23N3O. The lowest BCUT2D eigenvalue weighted by Crippen LogP contribution is -2.34. The molecule has 2 heterocycles. The summed E-state index contributed by atoms with van der Waals surface area (Å²) in [4.78, 5) is 2.31. The minimum absolute atomic E-state index is 0.171. The quantitative estimate of drug-likeness (QED) is 0.939. The molecule has 1 aliphatic heterocycles. The summed E-state index contributed by atoms with van der Waals surface area (Å²) in [5.74, 6) is 0. The first-order valence-electron chi connectivity index (χ1n) is 7.60. The third kappa shape index (κ3) is 2.56. The number of benzene rings is 1. The predicted octanol–water partition coefficient (Wildman–Crippen LogP) is 2.70. The van der Waals surface area contributed by atoms with Crippen LogP contribution < -0.4 is 4.90 Å². The molecule has 1 atom stereocenters. The second-order valence-electron chi connectivity index (χ2n) is 6.11. The second-order valence-corrected chi connectivity index (χ2v) is 6.11. The van der Waals surface area contributed by atoms with Crippen molar-refractivity contribution < 1.29 is 5.11 Å². The van der Waals surface area contributed by atoms with Gasteiger partial charge in [-0.25, -0.2) is 0 Å². The van der Waals surface area contributed by atoms with Crippen LogP contribution in [0.15, 0.2) is 30.5 Å². The Morgan fingerprint density at radius 3 is 2.76 bits per heavy atom. The van der Waals surface area contributed by atoms with Gasteiger partial charge in [0.2, 0.25) is 0 Å². The molecule has 2 aromatic rings. The molecule has 0 radical (unpaired) electrons. The molecule has 112 valence electrons. The SMILES string of the molecule is Cc1nn(C(C)C)cc1CN1c2ccccc2CC1CO.